The van der Waals surface area contributed by atoms with Crippen LogP contribution >= 0.6 is 0 Å². The first-order valence-electron chi connectivity index (χ1n) is 12.0. The molecule has 1 fully saturated rings. The van der Waals surface area contributed by atoms with Gasteiger partial charge >= 0.3 is 12.1 Å². The van der Waals surface area contributed by atoms with E-state index in [0.29, 0.717) is 19.3 Å². The number of hydrogen-bond donors (Lipinski definition) is 3. The smallest absolute Gasteiger partial charge is 0.407 e. The van der Waals surface area contributed by atoms with Crippen LogP contribution in [0.5, 0.6) is 0 Å². The number of ether oxygens (including phenoxy) is 1. The molecule has 1 saturated carbocycles. The second-order valence-electron chi connectivity index (χ2n) is 9.06. The molecule has 7 nitrogen and oxygen atoms in total. The molecule has 0 spiro atoms. The van der Waals surface area contributed by atoms with E-state index in [0.717, 1.165) is 28.7 Å². The molecular formula is C28H30N2O5. The lowest BCUT2D eigenvalue weighted by Crippen LogP contribution is -2.50. The molecule has 1 unspecified atom stereocenters. The predicted molar refractivity (Wildman–Crippen MR) is 132 cm³/mol. The summed E-state index contributed by atoms with van der Waals surface area (Å²) in [5.74, 6) is 3.84. The zero-order valence-electron chi connectivity index (χ0n) is 19.8. The third-order valence-corrected chi connectivity index (χ3v) is 6.81. The van der Waals surface area contributed by atoms with Gasteiger partial charge in [-0.05, 0) is 48.4 Å². The van der Waals surface area contributed by atoms with Crippen LogP contribution in [0.25, 0.3) is 11.1 Å². The maximum absolute atomic E-state index is 12.9. The Morgan fingerprint density at radius 3 is 2.34 bits per heavy atom. The molecule has 3 atom stereocenters. The minimum Gasteiger partial charge on any atom is -0.481 e. The summed E-state index contributed by atoms with van der Waals surface area (Å²) in [7, 11) is 0. The van der Waals surface area contributed by atoms with Crippen LogP contribution in [0.4, 0.5) is 4.79 Å². The molecule has 3 N–H and O–H groups in total. The van der Waals surface area contributed by atoms with E-state index in [1.54, 1.807) is 6.92 Å². The lowest BCUT2D eigenvalue weighted by molar-refractivity contribution is -0.143. The number of fused-ring (bicyclic) bond motifs is 3. The molecule has 4 rings (SSSR count). The Kier molecular flexibility index (Phi) is 7.71. The van der Waals surface area contributed by atoms with Crippen molar-refractivity contribution in [2.45, 2.75) is 57.0 Å². The van der Waals surface area contributed by atoms with E-state index in [4.69, 9.17) is 4.74 Å². The normalized spacial score (nSPS) is 19.3. The van der Waals surface area contributed by atoms with Crippen LogP contribution in [-0.2, 0) is 14.3 Å². The number of rotatable bonds is 7. The third kappa shape index (κ3) is 5.65. The van der Waals surface area contributed by atoms with Crippen LogP contribution in [0, 0.1) is 17.8 Å². The third-order valence-electron chi connectivity index (χ3n) is 6.81. The number of hydrogen-bond acceptors (Lipinski definition) is 4. The number of amides is 2. The van der Waals surface area contributed by atoms with Crippen molar-refractivity contribution in [2.75, 3.05) is 6.61 Å². The highest BCUT2D eigenvalue weighted by atomic mass is 16.5. The Morgan fingerprint density at radius 1 is 1.06 bits per heavy atom. The van der Waals surface area contributed by atoms with Crippen LogP contribution in [-0.4, -0.2) is 41.8 Å². The molecule has 0 bridgehead atoms. The zero-order valence-corrected chi connectivity index (χ0v) is 19.8. The van der Waals surface area contributed by atoms with Gasteiger partial charge in [-0.1, -0.05) is 55.0 Å². The van der Waals surface area contributed by atoms with Gasteiger partial charge in [0, 0.05) is 18.4 Å². The Hall–Kier alpha value is -3.79. The van der Waals surface area contributed by atoms with Gasteiger partial charge in [-0.3, -0.25) is 9.59 Å². The van der Waals surface area contributed by atoms with Crippen molar-refractivity contribution in [3.05, 3.63) is 59.7 Å². The van der Waals surface area contributed by atoms with Gasteiger partial charge in [0.25, 0.3) is 0 Å². The summed E-state index contributed by atoms with van der Waals surface area (Å²) < 4.78 is 5.58. The van der Waals surface area contributed by atoms with Crippen LogP contribution < -0.4 is 10.6 Å². The highest BCUT2D eigenvalue weighted by molar-refractivity contribution is 5.86. The van der Waals surface area contributed by atoms with Crippen LogP contribution in [0.2, 0.25) is 0 Å². The van der Waals surface area contributed by atoms with Gasteiger partial charge in [0.05, 0.1) is 5.92 Å². The van der Waals surface area contributed by atoms with Gasteiger partial charge in [0.15, 0.2) is 0 Å². The molecule has 2 aromatic carbocycles. The highest BCUT2D eigenvalue weighted by Crippen LogP contribution is 2.44. The summed E-state index contributed by atoms with van der Waals surface area (Å²) in [5, 5.41) is 14.9. The molecular weight excluding hydrogens is 444 g/mol. The second kappa shape index (κ2) is 11.1. The van der Waals surface area contributed by atoms with Gasteiger partial charge in [-0.15, -0.1) is 11.8 Å². The average molecular weight is 475 g/mol. The molecule has 7 heteroatoms. The predicted octanol–water partition coefficient (Wildman–Crippen LogP) is 4.07. The molecule has 0 radical (unpaired) electrons. The van der Waals surface area contributed by atoms with Crippen molar-refractivity contribution in [1.82, 2.24) is 10.6 Å². The van der Waals surface area contributed by atoms with E-state index in [1.165, 1.54) is 0 Å². The molecule has 2 aromatic rings. The van der Waals surface area contributed by atoms with E-state index < -0.39 is 24.0 Å². The number of benzene rings is 2. The van der Waals surface area contributed by atoms with E-state index in [2.05, 4.69) is 34.6 Å². The summed E-state index contributed by atoms with van der Waals surface area (Å²) in [6, 6.07) is 15.0. The standard InChI is InChI=1S/C28H30N2O5/c1-2-3-15-25(26(31)29-19-10-8-9-18(16-19)27(32)33)30-28(34)35-17-24-22-13-6-4-11-20(22)21-12-5-7-14-23(21)24/h4-7,11-14,18-19,24-25H,8-10,15-17H2,1H3,(H,29,31)(H,30,34)(H,32,33)/t18-,19+,25?/m0/s1. The Balaban J connectivity index is 1.38. The van der Waals surface area contributed by atoms with Crippen molar-refractivity contribution in [3.63, 3.8) is 0 Å². The SMILES string of the molecule is CC#CCC(NC(=O)OCC1c2ccccc2-c2ccccc21)C(=O)N[C@@H]1CCC[C@H](C(=O)O)C1. The molecule has 0 saturated heterocycles. The fourth-order valence-electron chi connectivity index (χ4n) is 5.04. The maximum atomic E-state index is 12.9. The van der Waals surface area contributed by atoms with Crippen LogP contribution in [0.1, 0.15) is 56.1 Å². The summed E-state index contributed by atoms with van der Waals surface area (Å²) in [6.45, 7) is 1.82. The molecule has 0 heterocycles. The fourth-order valence-corrected chi connectivity index (χ4v) is 5.04. The minimum absolute atomic E-state index is 0.0777. The number of carbonyl (C=O) groups is 3. The van der Waals surface area contributed by atoms with E-state index in [1.807, 2.05) is 36.4 Å². The van der Waals surface area contributed by atoms with Crippen molar-refractivity contribution < 1.29 is 24.2 Å². The summed E-state index contributed by atoms with van der Waals surface area (Å²) >= 11 is 0. The largest absolute Gasteiger partial charge is 0.481 e. The lowest BCUT2D eigenvalue weighted by Gasteiger charge is -2.28. The molecule has 2 aliphatic carbocycles. The van der Waals surface area contributed by atoms with Gasteiger partial charge in [-0.25, -0.2) is 4.79 Å². The summed E-state index contributed by atoms with van der Waals surface area (Å²) in [5.41, 5.74) is 4.50. The van der Waals surface area contributed by atoms with Crippen LogP contribution in [0.15, 0.2) is 48.5 Å². The number of nitrogens with one attached hydrogen (secondary N) is 2. The van der Waals surface area contributed by atoms with Crippen LogP contribution in [0.3, 0.4) is 0 Å². The van der Waals surface area contributed by atoms with Gasteiger partial charge in [-0.2, -0.15) is 0 Å². The molecule has 2 aliphatic rings. The Labute approximate surface area is 205 Å². The lowest BCUT2D eigenvalue weighted by atomic mass is 9.85. The van der Waals surface area contributed by atoms with E-state index in [9.17, 15) is 19.5 Å². The number of carbonyl (C=O) groups excluding carboxylic acids is 2. The number of carboxylic acids is 1. The average Bonchev–Trinajstić information content (AvgIpc) is 3.19. The first-order chi connectivity index (χ1) is 17.0. The minimum atomic E-state index is -0.886. The second-order valence-corrected chi connectivity index (χ2v) is 9.06. The van der Waals surface area contributed by atoms with Crippen molar-refractivity contribution >= 4 is 18.0 Å². The van der Waals surface area contributed by atoms with Crippen molar-refractivity contribution in [3.8, 4) is 23.0 Å². The molecule has 35 heavy (non-hydrogen) atoms. The van der Waals surface area contributed by atoms with Crippen molar-refractivity contribution in [1.29, 1.82) is 0 Å². The molecule has 0 aliphatic heterocycles. The summed E-state index contributed by atoms with van der Waals surface area (Å²) in [6.07, 6.45) is 1.91. The first kappa shape index (κ1) is 24.3. The monoisotopic (exact) mass is 474 g/mol. The van der Waals surface area contributed by atoms with Gasteiger partial charge < -0.3 is 20.5 Å². The van der Waals surface area contributed by atoms with Gasteiger partial charge in [0.2, 0.25) is 5.91 Å². The molecule has 0 aromatic heterocycles. The van der Waals surface area contributed by atoms with E-state index >= 15 is 0 Å². The maximum Gasteiger partial charge on any atom is 0.407 e. The molecule has 2 amide bonds. The fraction of sp³-hybridized carbons (Fsp3) is 0.393. The Bertz CT molecular complexity index is 1120. The Morgan fingerprint density at radius 2 is 1.71 bits per heavy atom. The first-order valence-corrected chi connectivity index (χ1v) is 12.0. The number of aliphatic carboxylic acids is 1. The molecule has 182 valence electrons. The zero-order chi connectivity index (χ0) is 24.8. The van der Waals surface area contributed by atoms with E-state index in [-0.39, 0.29) is 30.9 Å². The van der Waals surface area contributed by atoms with Crippen molar-refractivity contribution in [2.24, 2.45) is 5.92 Å². The topological polar surface area (TPSA) is 105 Å². The number of carboxylic acid groups (broad SMARTS) is 1. The number of alkyl carbamates (subject to hydrolysis) is 1. The quantitative estimate of drug-likeness (QED) is 0.525. The van der Waals surface area contributed by atoms with Gasteiger partial charge in [0.1, 0.15) is 12.6 Å². The summed E-state index contributed by atoms with van der Waals surface area (Å²) in [4.78, 5) is 37.0. The highest BCUT2D eigenvalue weighted by Gasteiger charge is 2.31.